The van der Waals surface area contributed by atoms with Crippen molar-refractivity contribution in [3.8, 4) is 0 Å². The smallest absolute Gasteiger partial charge is 0.239 e. The van der Waals surface area contributed by atoms with Gasteiger partial charge in [0.05, 0.1) is 19.0 Å². The van der Waals surface area contributed by atoms with Gasteiger partial charge in [-0.2, -0.15) is 0 Å². The van der Waals surface area contributed by atoms with Crippen LogP contribution < -0.4 is 10.6 Å². The Morgan fingerprint density at radius 2 is 1.74 bits per heavy atom. The molecule has 1 aromatic heterocycles. The van der Waals surface area contributed by atoms with E-state index < -0.39 is 0 Å². The SMILES string of the molecule is CC(C)C(NC(=O)CNC(=O)Cc1cccc2ccccc12)c1cccs1. The van der Waals surface area contributed by atoms with Gasteiger partial charge in [-0.05, 0) is 33.7 Å². The molecule has 2 aromatic carbocycles. The van der Waals surface area contributed by atoms with Crippen molar-refractivity contribution in [2.45, 2.75) is 26.3 Å². The van der Waals surface area contributed by atoms with Gasteiger partial charge in [0.15, 0.2) is 0 Å². The van der Waals surface area contributed by atoms with Crippen LogP contribution in [0.25, 0.3) is 10.8 Å². The van der Waals surface area contributed by atoms with Crippen LogP contribution in [-0.4, -0.2) is 18.4 Å². The second-order valence-electron chi connectivity index (χ2n) is 6.90. The number of hydrogen-bond acceptors (Lipinski definition) is 3. The lowest BCUT2D eigenvalue weighted by molar-refractivity contribution is -0.126. The fraction of sp³-hybridized carbons (Fsp3) is 0.273. The molecule has 0 radical (unpaired) electrons. The molecule has 2 N–H and O–H groups in total. The Hall–Kier alpha value is -2.66. The lowest BCUT2D eigenvalue weighted by atomic mass is 10.0. The number of nitrogens with one attached hydrogen (secondary N) is 2. The first-order valence-electron chi connectivity index (χ1n) is 9.10. The first-order valence-corrected chi connectivity index (χ1v) is 9.98. The topological polar surface area (TPSA) is 58.2 Å². The molecule has 0 aliphatic heterocycles. The molecular formula is C22H24N2O2S. The number of fused-ring (bicyclic) bond motifs is 1. The molecule has 0 aliphatic carbocycles. The Kier molecular flexibility index (Phi) is 6.24. The molecule has 0 fully saturated rings. The third-order valence-corrected chi connectivity index (χ3v) is 5.47. The third kappa shape index (κ3) is 4.95. The third-order valence-electron chi connectivity index (χ3n) is 4.51. The molecule has 3 aromatic rings. The molecule has 140 valence electrons. The standard InChI is InChI=1S/C22H24N2O2S/c1-15(2)22(19-11-6-12-27-19)24-21(26)14-23-20(25)13-17-9-5-8-16-7-3-4-10-18(16)17/h3-12,15,22H,13-14H2,1-2H3,(H,23,25)(H,24,26). The van der Waals surface area contributed by atoms with E-state index in [2.05, 4.69) is 24.5 Å². The van der Waals surface area contributed by atoms with Gasteiger partial charge in [0.25, 0.3) is 0 Å². The summed E-state index contributed by atoms with van der Waals surface area (Å²) in [6.45, 7) is 4.13. The second kappa shape index (κ2) is 8.82. The number of rotatable bonds is 7. The molecule has 5 heteroatoms. The maximum absolute atomic E-state index is 12.3. The van der Waals surface area contributed by atoms with Crippen molar-refractivity contribution in [2.24, 2.45) is 5.92 Å². The van der Waals surface area contributed by atoms with E-state index >= 15 is 0 Å². The first-order chi connectivity index (χ1) is 13.0. The Bertz CT molecular complexity index is 914. The summed E-state index contributed by atoms with van der Waals surface area (Å²) < 4.78 is 0. The lowest BCUT2D eigenvalue weighted by Gasteiger charge is -2.21. The summed E-state index contributed by atoms with van der Waals surface area (Å²) in [6.07, 6.45) is 0.257. The van der Waals surface area contributed by atoms with Crippen LogP contribution in [-0.2, 0) is 16.0 Å². The zero-order valence-electron chi connectivity index (χ0n) is 15.6. The quantitative estimate of drug-likeness (QED) is 0.649. The average molecular weight is 381 g/mol. The molecule has 0 saturated carbocycles. The predicted molar refractivity (Wildman–Crippen MR) is 111 cm³/mol. The lowest BCUT2D eigenvalue weighted by Crippen LogP contribution is -2.40. The van der Waals surface area contributed by atoms with E-state index in [1.807, 2.05) is 60.0 Å². The van der Waals surface area contributed by atoms with Crippen LogP contribution in [0.3, 0.4) is 0 Å². The van der Waals surface area contributed by atoms with E-state index in [0.717, 1.165) is 21.2 Å². The van der Waals surface area contributed by atoms with Crippen molar-refractivity contribution >= 4 is 33.9 Å². The van der Waals surface area contributed by atoms with Gasteiger partial charge in [-0.3, -0.25) is 9.59 Å². The van der Waals surface area contributed by atoms with Crippen LogP contribution in [0, 0.1) is 5.92 Å². The largest absolute Gasteiger partial charge is 0.347 e. The summed E-state index contributed by atoms with van der Waals surface area (Å²) in [5.41, 5.74) is 0.963. The van der Waals surface area contributed by atoms with E-state index in [4.69, 9.17) is 0 Å². The first kappa shape index (κ1) is 19.1. The van der Waals surface area contributed by atoms with E-state index in [1.165, 1.54) is 0 Å². The molecule has 1 atom stereocenters. The van der Waals surface area contributed by atoms with Crippen molar-refractivity contribution in [1.29, 1.82) is 0 Å². The van der Waals surface area contributed by atoms with E-state index in [1.54, 1.807) is 11.3 Å². The molecule has 0 aliphatic rings. The van der Waals surface area contributed by atoms with Crippen molar-refractivity contribution in [3.63, 3.8) is 0 Å². The minimum atomic E-state index is -0.173. The van der Waals surface area contributed by atoms with Crippen LogP contribution in [0.15, 0.2) is 60.0 Å². The van der Waals surface area contributed by atoms with Gasteiger partial charge in [-0.1, -0.05) is 62.4 Å². The van der Waals surface area contributed by atoms with Crippen LogP contribution >= 0.6 is 11.3 Å². The highest BCUT2D eigenvalue weighted by Crippen LogP contribution is 2.25. The summed E-state index contributed by atoms with van der Waals surface area (Å²) in [5, 5.41) is 9.94. The molecule has 27 heavy (non-hydrogen) atoms. The minimum Gasteiger partial charge on any atom is -0.347 e. The number of carbonyl (C=O) groups is 2. The Labute approximate surface area is 163 Å². The number of hydrogen-bond donors (Lipinski definition) is 2. The van der Waals surface area contributed by atoms with Gasteiger partial charge in [-0.25, -0.2) is 0 Å². The molecule has 1 heterocycles. The van der Waals surface area contributed by atoms with Crippen LogP contribution in [0.5, 0.6) is 0 Å². The zero-order valence-corrected chi connectivity index (χ0v) is 16.4. The number of benzene rings is 2. The van der Waals surface area contributed by atoms with Crippen molar-refractivity contribution in [3.05, 3.63) is 70.4 Å². The summed E-state index contributed by atoms with van der Waals surface area (Å²) in [5.74, 6) is -0.0499. The summed E-state index contributed by atoms with van der Waals surface area (Å²) in [7, 11) is 0. The zero-order chi connectivity index (χ0) is 19.2. The molecular weight excluding hydrogens is 356 g/mol. The monoisotopic (exact) mass is 380 g/mol. The highest BCUT2D eigenvalue weighted by atomic mass is 32.1. The van der Waals surface area contributed by atoms with Crippen molar-refractivity contribution < 1.29 is 9.59 Å². The molecule has 0 bridgehead atoms. The van der Waals surface area contributed by atoms with Gasteiger partial charge < -0.3 is 10.6 Å². The summed E-state index contributed by atoms with van der Waals surface area (Å²) in [4.78, 5) is 25.7. The predicted octanol–water partition coefficient (Wildman–Crippen LogP) is 4.07. The Morgan fingerprint density at radius 3 is 2.48 bits per heavy atom. The highest BCUT2D eigenvalue weighted by Gasteiger charge is 2.19. The van der Waals surface area contributed by atoms with Gasteiger partial charge >= 0.3 is 0 Å². The summed E-state index contributed by atoms with van der Waals surface area (Å²) >= 11 is 1.63. The van der Waals surface area contributed by atoms with Gasteiger partial charge in [-0.15, -0.1) is 11.3 Å². The van der Waals surface area contributed by atoms with Crippen LogP contribution in [0.1, 0.15) is 30.3 Å². The van der Waals surface area contributed by atoms with Crippen LogP contribution in [0.2, 0.25) is 0 Å². The molecule has 1 unspecified atom stereocenters. The number of carbonyl (C=O) groups excluding carboxylic acids is 2. The molecule has 2 amide bonds. The molecule has 0 spiro atoms. The van der Waals surface area contributed by atoms with Crippen molar-refractivity contribution in [1.82, 2.24) is 10.6 Å². The second-order valence-corrected chi connectivity index (χ2v) is 7.88. The fourth-order valence-corrected chi connectivity index (χ4v) is 4.07. The summed E-state index contributed by atoms with van der Waals surface area (Å²) in [6, 6.07) is 17.9. The van der Waals surface area contributed by atoms with Gasteiger partial charge in [0.1, 0.15) is 0 Å². The number of thiophene rings is 1. The minimum absolute atomic E-state index is 0.0157. The van der Waals surface area contributed by atoms with Gasteiger partial charge in [0.2, 0.25) is 11.8 Å². The fourth-order valence-electron chi connectivity index (χ4n) is 3.12. The van der Waals surface area contributed by atoms with Crippen molar-refractivity contribution in [2.75, 3.05) is 6.54 Å². The molecule has 4 nitrogen and oxygen atoms in total. The molecule has 3 rings (SSSR count). The Morgan fingerprint density at radius 1 is 0.963 bits per heavy atom. The number of amides is 2. The Balaban J connectivity index is 1.56. The van der Waals surface area contributed by atoms with Crippen LogP contribution in [0.4, 0.5) is 0 Å². The van der Waals surface area contributed by atoms with Gasteiger partial charge in [0, 0.05) is 4.88 Å². The maximum atomic E-state index is 12.3. The normalized spacial score (nSPS) is 12.1. The van der Waals surface area contributed by atoms with E-state index in [9.17, 15) is 9.59 Å². The molecule has 0 saturated heterocycles. The maximum Gasteiger partial charge on any atom is 0.239 e. The average Bonchev–Trinajstić information content (AvgIpc) is 3.19. The van der Waals surface area contributed by atoms with E-state index in [-0.39, 0.29) is 36.7 Å². The highest BCUT2D eigenvalue weighted by molar-refractivity contribution is 7.10. The van der Waals surface area contributed by atoms with E-state index in [0.29, 0.717) is 0 Å².